The Morgan fingerprint density at radius 1 is 0.899 bits per heavy atom. The van der Waals surface area contributed by atoms with E-state index in [0.717, 1.165) is 61.4 Å². The Labute approximate surface area is 518 Å². The van der Waals surface area contributed by atoms with Crippen LogP contribution >= 0.6 is 0 Å². The summed E-state index contributed by atoms with van der Waals surface area (Å²) in [4.78, 5) is 47.5. The third kappa shape index (κ3) is 12.1. The molecular formula is C74H76N4O11. The van der Waals surface area contributed by atoms with Gasteiger partial charge in [-0.15, -0.1) is 0 Å². The number of benzene rings is 5. The van der Waals surface area contributed by atoms with Gasteiger partial charge in [-0.3, -0.25) is 14.4 Å². The summed E-state index contributed by atoms with van der Waals surface area (Å²) in [5, 5.41) is 62.0. The first-order valence-corrected chi connectivity index (χ1v) is 30.9. The van der Waals surface area contributed by atoms with Crippen LogP contribution in [-0.4, -0.2) is 85.5 Å². The predicted octanol–water partition coefficient (Wildman–Crippen LogP) is 12.8. The van der Waals surface area contributed by atoms with Crippen LogP contribution < -0.4 is 19.7 Å². The van der Waals surface area contributed by atoms with E-state index < -0.39 is 29.6 Å². The highest BCUT2D eigenvalue weighted by atomic mass is 16.5. The minimum atomic E-state index is -0.820. The molecule has 2 aliphatic heterocycles. The Kier molecular flexibility index (Phi) is 17.2. The van der Waals surface area contributed by atoms with Crippen LogP contribution in [0, 0.1) is 23.2 Å². The number of anilines is 1. The van der Waals surface area contributed by atoms with Gasteiger partial charge in [0.1, 0.15) is 40.7 Å². The van der Waals surface area contributed by atoms with Crippen molar-refractivity contribution < 1.29 is 54.1 Å². The molecule has 89 heavy (non-hydrogen) atoms. The molecule has 3 aliphatic carbocycles. The quantitative estimate of drug-likeness (QED) is 0.0423. The van der Waals surface area contributed by atoms with Crippen LogP contribution in [0.15, 0.2) is 163 Å². The molecule has 0 saturated carbocycles. The number of ketones is 2. The average molecular weight is 1200 g/mol. The maximum absolute atomic E-state index is 15.4. The van der Waals surface area contributed by atoms with Crippen LogP contribution in [0.3, 0.4) is 0 Å². The lowest BCUT2D eigenvalue weighted by Gasteiger charge is -2.43. The normalized spacial score (nSPS) is 22.7. The van der Waals surface area contributed by atoms with E-state index in [1.54, 1.807) is 37.3 Å². The van der Waals surface area contributed by atoms with E-state index in [4.69, 9.17) is 14.2 Å². The minimum absolute atomic E-state index is 0.00644. The van der Waals surface area contributed by atoms with Gasteiger partial charge in [0.2, 0.25) is 5.75 Å². The predicted molar refractivity (Wildman–Crippen MR) is 341 cm³/mol. The fourth-order valence-electron chi connectivity index (χ4n) is 14.7. The van der Waals surface area contributed by atoms with Crippen LogP contribution in [0.1, 0.15) is 147 Å². The molecule has 8 atom stereocenters. The van der Waals surface area contributed by atoms with Gasteiger partial charge in [0, 0.05) is 111 Å². The number of fused-ring (bicyclic) bond motifs is 3. The molecule has 7 aromatic rings. The number of rotatable bonds is 13. The molecule has 1 spiro atoms. The first-order valence-electron chi connectivity index (χ1n) is 30.9. The number of aliphatic hydroxyl groups excluding tert-OH is 2. The molecule has 2 aromatic heterocycles. The molecule has 0 amide bonds. The van der Waals surface area contributed by atoms with Gasteiger partial charge in [0.25, 0.3) is 0 Å². The first-order chi connectivity index (χ1) is 43.1. The largest absolute Gasteiger partial charge is 0.508 e. The van der Waals surface area contributed by atoms with Crippen molar-refractivity contribution in [2.45, 2.75) is 121 Å². The number of aromatic nitrogens is 2. The molecule has 6 bridgehead atoms. The van der Waals surface area contributed by atoms with Crippen molar-refractivity contribution in [3.8, 4) is 46.3 Å². The number of esters is 1. The lowest BCUT2D eigenvalue weighted by molar-refractivity contribution is -0.148. The summed E-state index contributed by atoms with van der Waals surface area (Å²) < 4.78 is 20.8. The number of allylic oxidation sites excluding steroid dienone is 6. The number of nitrogens with zero attached hydrogens (tertiary/aromatic N) is 2. The number of carbonyl (C=O) groups is 3. The highest BCUT2D eigenvalue weighted by Gasteiger charge is 2.43. The average Bonchev–Trinajstić information content (AvgIpc) is 1.69. The highest BCUT2D eigenvalue weighted by Crippen LogP contribution is 2.53. The zero-order valence-corrected chi connectivity index (χ0v) is 50.7. The molecule has 15 nitrogen and oxygen atoms in total. The van der Waals surface area contributed by atoms with Gasteiger partial charge < -0.3 is 59.5 Å². The number of aryl methyl sites for hydroxylation is 1. The fraction of sp³-hybridized carbons (Fsp3) is 0.338. The highest BCUT2D eigenvalue weighted by molar-refractivity contribution is 6.00. The summed E-state index contributed by atoms with van der Waals surface area (Å²) in [7, 11) is 1.46. The van der Waals surface area contributed by atoms with Crippen LogP contribution in [0.2, 0.25) is 0 Å². The molecule has 0 radical (unpaired) electrons. The van der Waals surface area contributed by atoms with E-state index in [-0.39, 0.29) is 102 Å². The number of hydrogen-bond donors (Lipinski definition) is 7. The van der Waals surface area contributed by atoms with E-state index in [2.05, 4.69) is 81.3 Å². The van der Waals surface area contributed by atoms with Gasteiger partial charge in [0.15, 0.2) is 11.5 Å². The molecule has 4 heterocycles. The van der Waals surface area contributed by atoms with E-state index in [1.165, 1.54) is 20.1 Å². The van der Waals surface area contributed by atoms with Crippen molar-refractivity contribution in [2.75, 3.05) is 31.7 Å². The van der Waals surface area contributed by atoms with E-state index in [0.29, 0.717) is 68.2 Å². The standard InChI is InChI=1S/C74H76N4O11/c1-44-11-8-15-53-16-10-18-60-62-42-75-41-52(62)40-74(44,53)27-23-57(88-46(3)81)37-56(84)39-66(51-34-68(86)73(69(35-51)87-4)89-58-33-50(32-55(83)38-58)59(26-30-79)47-12-6-5-7-13-47)78-43-63-64(20-19-61-67(85)22-21-65(78)72(61)63)77(29-25-45(2)80)70-36-49(24-28-76-70)71(60)48-14-9-17-54(82)31-48/h5-9,11-15,17,19-20,24,31-36,38,41-44,57,59-60,66-67,71,75-76,79,82-83,85-86H,16,21-23,25-30,37,39-40H2,1-4H3. The molecule has 7 N–H and O–H groups in total. The Balaban J connectivity index is 1.04. The number of aliphatic hydroxyl groups is 2. The third-order valence-electron chi connectivity index (χ3n) is 19.0. The second kappa shape index (κ2) is 25.5. The lowest BCUT2D eigenvalue weighted by atomic mass is 9.61. The lowest BCUT2D eigenvalue weighted by Crippen LogP contribution is -2.36. The van der Waals surface area contributed by atoms with Crippen LogP contribution in [0.4, 0.5) is 5.69 Å². The molecule has 5 aliphatic rings. The summed E-state index contributed by atoms with van der Waals surface area (Å²) in [6.07, 6.45) is 18.5. The van der Waals surface area contributed by atoms with E-state index in [9.17, 15) is 35.1 Å². The Hall–Kier alpha value is -9.23. The third-order valence-corrected chi connectivity index (χ3v) is 19.0. The summed E-state index contributed by atoms with van der Waals surface area (Å²) >= 11 is 0. The smallest absolute Gasteiger partial charge is 0.302 e. The number of H-pyrrole nitrogens is 1. The summed E-state index contributed by atoms with van der Waals surface area (Å²) in [5.74, 6) is 6.51. The van der Waals surface area contributed by atoms with Gasteiger partial charge >= 0.3 is 5.97 Å². The van der Waals surface area contributed by atoms with Crippen LogP contribution in [-0.2, 0) is 32.0 Å². The maximum atomic E-state index is 15.4. The van der Waals surface area contributed by atoms with Crippen molar-refractivity contribution >= 4 is 34.0 Å². The Morgan fingerprint density at radius 3 is 2.53 bits per heavy atom. The number of phenolic OH excluding ortho intramolecular Hbond substituents is 3. The van der Waals surface area contributed by atoms with Gasteiger partial charge in [-0.25, -0.2) is 0 Å². The van der Waals surface area contributed by atoms with Crippen molar-refractivity contribution in [1.82, 2.24) is 14.9 Å². The van der Waals surface area contributed by atoms with Crippen molar-refractivity contribution in [3.05, 3.63) is 208 Å². The second-order valence-electron chi connectivity index (χ2n) is 24.5. The molecule has 0 fully saturated rings. The number of ether oxygens (including phenoxy) is 3. The number of nitrogens with one attached hydrogen (secondary N) is 2. The number of Topliss-reactive ketones (excluding diaryl/α,β-unsaturated/α-hetero) is 2. The van der Waals surface area contributed by atoms with Crippen LogP contribution in [0.25, 0.3) is 10.8 Å². The number of aromatic amines is 1. The van der Waals surface area contributed by atoms with E-state index >= 15 is 4.79 Å². The molecule has 12 rings (SSSR count). The number of dihydropyridines is 1. The summed E-state index contributed by atoms with van der Waals surface area (Å²) in [6.45, 7) is 5.78. The molecule has 8 unspecified atom stereocenters. The number of aromatic hydroxyl groups is 3. The molecule has 458 valence electrons. The number of methoxy groups -OCH3 is 1. The van der Waals surface area contributed by atoms with Crippen molar-refractivity contribution in [3.63, 3.8) is 0 Å². The van der Waals surface area contributed by atoms with Gasteiger partial charge in [-0.2, -0.15) is 0 Å². The van der Waals surface area contributed by atoms with Gasteiger partial charge in [-0.05, 0) is 144 Å². The second-order valence-corrected chi connectivity index (χ2v) is 24.5. The maximum Gasteiger partial charge on any atom is 0.302 e. The summed E-state index contributed by atoms with van der Waals surface area (Å²) in [5.41, 5.74) is 9.05. The molecule has 0 saturated heterocycles. The van der Waals surface area contributed by atoms with E-state index in [1.807, 2.05) is 66.9 Å². The van der Waals surface area contributed by atoms with Gasteiger partial charge in [-0.1, -0.05) is 97.2 Å². The summed E-state index contributed by atoms with van der Waals surface area (Å²) in [6, 6.07) is 28.3. The Morgan fingerprint density at radius 2 is 1.74 bits per heavy atom. The number of phenols is 3. The van der Waals surface area contributed by atoms with Crippen LogP contribution in [0.5, 0.6) is 34.5 Å². The zero-order chi connectivity index (χ0) is 62.1. The zero-order valence-electron chi connectivity index (χ0n) is 50.7. The molecule has 15 heteroatoms. The topological polar surface area (TPSA) is 216 Å². The SMILES string of the molecule is COc1cc(C2CC(=O)CC(OC(C)=O)CCC34Cc5c[nH]cc5C(C#CCC3=CC=CC4C)C(c3cccc(O)c3)C3=CCNC(=C3)N(CCC(C)=O)c3ccc4c5c(n2cc35)CCC4O)cc(O)c1Oc1cc(O)cc(C(CCO)c2ccccc2)c1. The first kappa shape index (κ1) is 60.1. The monoisotopic (exact) mass is 1200 g/mol. The fourth-order valence-corrected chi connectivity index (χ4v) is 14.7. The number of carbonyl (C=O) groups excluding carboxylic acids is 3. The molecule has 5 aromatic carbocycles. The Bertz CT molecular complexity index is 4060. The minimum Gasteiger partial charge on any atom is -0.508 e. The van der Waals surface area contributed by atoms with Crippen molar-refractivity contribution in [2.24, 2.45) is 11.3 Å². The van der Waals surface area contributed by atoms with Crippen molar-refractivity contribution in [1.29, 1.82) is 0 Å². The van der Waals surface area contributed by atoms with Gasteiger partial charge in [0.05, 0.1) is 30.9 Å². The number of hydrogen-bond acceptors (Lipinski definition) is 13. The molecular weight excluding hydrogens is 1120 g/mol.